The van der Waals surface area contributed by atoms with Crippen LogP contribution in [0.3, 0.4) is 0 Å². The van der Waals surface area contributed by atoms with Gasteiger partial charge in [0.15, 0.2) is 0 Å². The Morgan fingerprint density at radius 3 is 2.24 bits per heavy atom. The second-order valence-corrected chi connectivity index (χ2v) is 7.00. The minimum Gasteiger partial charge on any atom is -0.329 e. The Morgan fingerprint density at radius 2 is 1.64 bits per heavy atom. The normalized spacial score (nSPS) is 21.2. The SMILES string of the molecule is N#C[C@@H](C(=O)C[NH+]1CCC(Cc2ccccc2)CC1)c1ccccc1. The predicted molar refractivity (Wildman–Crippen MR) is 98.2 cm³/mol. The van der Waals surface area contributed by atoms with Crippen molar-refractivity contribution < 1.29 is 9.69 Å². The standard InChI is InChI=1S/C22H24N2O/c23-16-21(20-9-5-2-6-10-20)22(25)17-24-13-11-19(12-14-24)15-18-7-3-1-4-8-18/h1-10,19,21H,11-15,17H2/p+1/t21-/m1/s1. The molecule has 0 aliphatic carbocycles. The third-order valence-electron chi connectivity index (χ3n) is 5.19. The molecule has 0 amide bonds. The summed E-state index contributed by atoms with van der Waals surface area (Å²) < 4.78 is 0. The second-order valence-electron chi connectivity index (χ2n) is 7.00. The molecule has 1 saturated heterocycles. The highest BCUT2D eigenvalue weighted by molar-refractivity contribution is 5.89. The van der Waals surface area contributed by atoms with E-state index < -0.39 is 5.92 Å². The first kappa shape index (κ1) is 17.4. The Kier molecular flexibility index (Phi) is 5.98. The van der Waals surface area contributed by atoms with E-state index in [1.165, 1.54) is 10.5 Å². The van der Waals surface area contributed by atoms with Crippen LogP contribution in [0, 0.1) is 17.2 Å². The first-order valence-corrected chi connectivity index (χ1v) is 9.11. The minimum absolute atomic E-state index is 0.0465. The molecule has 0 spiro atoms. The molecule has 2 aromatic carbocycles. The zero-order valence-electron chi connectivity index (χ0n) is 14.5. The number of rotatable bonds is 6. The van der Waals surface area contributed by atoms with Crippen molar-refractivity contribution in [2.24, 2.45) is 5.92 Å². The van der Waals surface area contributed by atoms with Gasteiger partial charge in [0.2, 0.25) is 5.78 Å². The molecule has 0 radical (unpaired) electrons. The van der Waals surface area contributed by atoms with Gasteiger partial charge in [-0.1, -0.05) is 60.7 Å². The molecule has 25 heavy (non-hydrogen) atoms. The first-order chi connectivity index (χ1) is 12.3. The fourth-order valence-corrected chi connectivity index (χ4v) is 3.74. The number of piperidine rings is 1. The predicted octanol–water partition coefficient (Wildman–Crippen LogP) is 2.40. The molecule has 1 N–H and O–H groups in total. The third-order valence-corrected chi connectivity index (χ3v) is 5.19. The molecule has 3 rings (SSSR count). The topological polar surface area (TPSA) is 45.3 Å². The number of nitrogens with zero attached hydrogens (tertiary/aromatic N) is 1. The van der Waals surface area contributed by atoms with Gasteiger partial charge in [-0.25, -0.2) is 0 Å². The highest BCUT2D eigenvalue weighted by atomic mass is 16.1. The van der Waals surface area contributed by atoms with E-state index in [1.54, 1.807) is 0 Å². The number of nitriles is 1. The molecule has 1 aliphatic heterocycles. The van der Waals surface area contributed by atoms with Crippen molar-refractivity contribution in [3.63, 3.8) is 0 Å². The molecule has 3 heteroatoms. The third kappa shape index (κ3) is 4.78. The molecule has 128 valence electrons. The second kappa shape index (κ2) is 8.60. The molecule has 3 nitrogen and oxygen atoms in total. The lowest BCUT2D eigenvalue weighted by molar-refractivity contribution is -0.898. The zero-order chi connectivity index (χ0) is 17.5. The van der Waals surface area contributed by atoms with Crippen LogP contribution in [0.4, 0.5) is 0 Å². The number of likely N-dealkylation sites (tertiary alicyclic amines) is 1. The van der Waals surface area contributed by atoms with Gasteiger partial charge in [0.1, 0.15) is 12.5 Å². The largest absolute Gasteiger partial charge is 0.329 e. The Hall–Kier alpha value is -2.44. The van der Waals surface area contributed by atoms with Crippen LogP contribution >= 0.6 is 0 Å². The zero-order valence-corrected chi connectivity index (χ0v) is 14.5. The molecule has 0 aromatic heterocycles. The van der Waals surface area contributed by atoms with Crippen LogP contribution in [0.15, 0.2) is 60.7 Å². The number of hydrogen-bond donors (Lipinski definition) is 1. The van der Waals surface area contributed by atoms with Crippen LogP contribution in [-0.4, -0.2) is 25.4 Å². The molecule has 1 aliphatic rings. The van der Waals surface area contributed by atoms with Gasteiger partial charge < -0.3 is 4.90 Å². The molecule has 1 fully saturated rings. The monoisotopic (exact) mass is 333 g/mol. The van der Waals surface area contributed by atoms with Crippen molar-refractivity contribution in [3.05, 3.63) is 71.8 Å². The average Bonchev–Trinajstić information content (AvgIpc) is 2.66. The summed E-state index contributed by atoms with van der Waals surface area (Å²) in [4.78, 5) is 13.9. The van der Waals surface area contributed by atoms with E-state index in [9.17, 15) is 10.1 Å². The Labute approximate surface area is 149 Å². The number of Topliss-reactive ketones (excluding diaryl/α,β-unsaturated/α-hetero) is 1. The van der Waals surface area contributed by atoms with E-state index in [0.29, 0.717) is 12.5 Å². The van der Waals surface area contributed by atoms with Crippen molar-refractivity contribution in [2.75, 3.05) is 19.6 Å². The van der Waals surface area contributed by atoms with E-state index in [-0.39, 0.29) is 5.78 Å². The lowest BCUT2D eigenvalue weighted by Gasteiger charge is -2.29. The summed E-state index contributed by atoms with van der Waals surface area (Å²) in [6.45, 7) is 2.51. The maximum atomic E-state index is 12.6. The van der Waals surface area contributed by atoms with Crippen LogP contribution in [0.1, 0.15) is 29.9 Å². The summed E-state index contributed by atoms with van der Waals surface area (Å²) in [5.41, 5.74) is 2.22. The molecule has 1 atom stereocenters. The summed E-state index contributed by atoms with van der Waals surface area (Å²) in [6.07, 6.45) is 3.44. The highest BCUT2D eigenvalue weighted by Crippen LogP contribution is 2.17. The van der Waals surface area contributed by atoms with E-state index in [1.807, 2.05) is 30.3 Å². The Balaban J connectivity index is 1.50. The molecule has 0 unspecified atom stereocenters. The van der Waals surface area contributed by atoms with E-state index in [2.05, 4.69) is 36.4 Å². The van der Waals surface area contributed by atoms with Gasteiger partial charge in [-0.2, -0.15) is 5.26 Å². The molecule has 0 bridgehead atoms. The van der Waals surface area contributed by atoms with E-state index in [4.69, 9.17) is 0 Å². The fraction of sp³-hybridized carbons (Fsp3) is 0.364. The summed E-state index contributed by atoms with van der Waals surface area (Å²) >= 11 is 0. The fourth-order valence-electron chi connectivity index (χ4n) is 3.74. The Morgan fingerprint density at radius 1 is 1.04 bits per heavy atom. The van der Waals surface area contributed by atoms with E-state index >= 15 is 0 Å². The maximum Gasteiger partial charge on any atom is 0.208 e. The van der Waals surface area contributed by atoms with Crippen LogP contribution in [0.2, 0.25) is 0 Å². The van der Waals surface area contributed by atoms with Gasteiger partial charge in [-0.3, -0.25) is 4.79 Å². The number of benzene rings is 2. The Bertz CT molecular complexity index is 713. The molecule has 2 aromatic rings. The maximum absolute atomic E-state index is 12.6. The van der Waals surface area contributed by atoms with Crippen molar-refractivity contribution in [1.29, 1.82) is 5.26 Å². The lowest BCUT2D eigenvalue weighted by atomic mass is 9.89. The van der Waals surface area contributed by atoms with Gasteiger partial charge in [0.25, 0.3) is 0 Å². The number of nitrogens with one attached hydrogen (secondary N) is 1. The molecule has 0 saturated carbocycles. The number of carbonyl (C=O) groups is 1. The van der Waals surface area contributed by atoms with Crippen LogP contribution in [0.25, 0.3) is 0 Å². The average molecular weight is 333 g/mol. The summed E-state index contributed by atoms with van der Waals surface area (Å²) in [5.74, 6) is 0.128. The smallest absolute Gasteiger partial charge is 0.208 e. The first-order valence-electron chi connectivity index (χ1n) is 9.11. The molecular weight excluding hydrogens is 308 g/mol. The van der Waals surface area contributed by atoms with Gasteiger partial charge in [0, 0.05) is 0 Å². The number of hydrogen-bond acceptors (Lipinski definition) is 2. The van der Waals surface area contributed by atoms with Crippen molar-refractivity contribution in [3.8, 4) is 6.07 Å². The summed E-state index contributed by atoms with van der Waals surface area (Å²) in [7, 11) is 0. The number of carbonyl (C=O) groups excluding carboxylic acids is 1. The molecular formula is C22H25N2O+. The number of ketones is 1. The van der Waals surface area contributed by atoms with Gasteiger partial charge in [-0.05, 0) is 36.3 Å². The van der Waals surface area contributed by atoms with Crippen LogP contribution in [0.5, 0.6) is 0 Å². The van der Waals surface area contributed by atoms with E-state index in [0.717, 1.165) is 37.9 Å². The van der Waals surface area contributed by atoms with Crippen LogP contribution in [-0.2, 0) is 11.2 Å². The summed E-state index contributed by atoms with van der Waals surface area (Å²) in [5, 5.41) is 9.41. The minimum atomic E-state index is -0.629. The quantitative estimate of drug-likeness (QED) is 0.882. The highest BCUT2D eigenvalue weighted by Gasteiger charge is 2.28. The van der Waals surface area contributed by atoms with Crippen molar-refractivity contribution in [2.45, 2.75) is 25.2 Å². The van der Waals surface area contributed by atoms with Gasteiger partial charge >= 0.3 is 0 Å². The van der Waals surface area contributed by atoms with Gasteiger partial charge in [-0.15, -0.1) is 0 Å². The number of quaternary nitrogens is 1. The molecule has 1 heterocycles. The summed E-state index contributed by atoms with van der Waals surface area (Å²) in [6, 6.07) is 22.2. The van der Waals surface area contributed by atoms with Crippen molar-refractivity contribution >= 4 is 5.78 Å². The van der Waals surface area contributed by atoms with Crippen molar-refractivity contribution in [1.82, 2.24) is 0 Å². The lowest BCUT2D eigenvalue weighted by Crippen LogP contribution is -3.14. The van der Waals surface area contributed by atoms with Gasteiger partial charge in [0.05, 0.1) is 19.2 Å². The van der Waals surface area contributed by atoms with Crippen LogP contribution < -0.4 is 4.90 Å².